The number of nitrogens with zero attached hydrogens (tertiary/aromatic N) is 1. The molecule has 0 atom stereocenters. The molecule has 0 heterocycles. The van der Waals surface area contributed by atoms with Gasteiger partial charge in [0.25, 0.3) is 5.69 Å². The quantitative estimate of drug-likeness (QED) is 0.436. The molecule has 22 heavy (non-hydrogen) atoms. The lowest BCUT2D eigenvalue weighted by molar-refractivity contribution is -0.385. The van der Waals surface area contributed by atoms with Crippen LogP contribution in [0.1, 0.15) is 36.2 Å². The van der Waals surface area contributed by atoms with Gasteiger partial charge in [0.2, 0.25) is 0 Å². The number of carbonyl (C=O) groups excluding carboxylic acids is 2. The number of nitro groups is 1. The minimum Gasteiger partial charge on any atom is -0.466 e. The van der Waals surface area contributed by atoms with Gasteiger partial charge in [0.1, 0.15) is 0 Å². The van der Waals surface area contributed by atoms with Gasteiger partial charge in [-0.2, -0.15) is 0 Å². The first-order valence-corrected chi connectivity index (χ1v) is 6.77. The fourth-order valence-electron chi connectivity index (χ4n) is 1.69. The lowest BCUT2D eigenvalue weighted by Gasteiger charge is -2.03. The van der Waals surface area contributed by atoms with Crippen molar-refractivity contribution < 1.29 is 24.0 Å². The topological polar surface area (TPSA) is 95.7 Å². The molecule has 0 aliphatic heterocycles. The van der Waals surface area contributed by atoms with Crippen LogP contribution in [0, 0.1) is 10.1 Å². The molecule has 1 rings (SSSR count). The van der Waals surface area contributed by atoms with Gasteiger partial charge in [-0.15, -0.1) is 0 Å². The molecule has 0 spiro atoms. The zero-order valence-electron chi connectivity index (χ0n) is 12.4. The van der Waals surface area contributed by atoms with Crippen LogP contribution >= 0.6 is 0 Å². The van der Waals surface area contributed by atoms with Gasteiger partial charge < -0.3 is 9.47 Å². The van der Waals surface area contributed by atoms with Crippen LogP contribution in [0.15, 0.2) is 24.3 Å². The maximum Gasteiger partial charge on any atom is 0.338 e. The van der Waals surface area contributed by atoms with Crippen LogP contribution in [0.5, 0.6) is 0 Å². The second-order valence-corrected chi connectivity index (χ2v) is 4.16. The predicted octanol–water partition coefficient (Wildman–Crippen LogP) is 2.74. The SMILES string of the molecule is CCOC(=O)CC=Cc1ccc(C(=O)OCC)cc1[N+](=O)[O-]. The molecule has 0 bridgehead atoms. The van der Waals surface area contributed by atoms with Crippen molar-refractivity contribution in [3.8, 4) is 0 Å². The predicted molar refractivity (Wildman–Crippen MR) is 79.3 cm³/mol. The summed E-state index contributed by atoms with van der Waals surface area (Å²) in [5.74, 6) is -1.03. The second-order valence-electron chi connectivity index (χ2n) is 4.16. The molecule has 0 fully saturated rings. The summed E-state index contributed by atoms with van der Waals surface area (Å²) in [5, 5.41) is 11.1. The number of nitro benzene ring substituents is 1. The Balaban J connectivity index is 2.95. The van der Waals surface area contributed by atoms with Crippen molar-refractivity contribution in [2.45, 2.75) is 20.3 Å². The first-order chi connectivity index (χ1) is 10.5. The van der Waals surface area contributed by atoms with Gasteiger partial charge in [-0.25, -0.2) is 4.79 Å². The van der Waals surface area contributed by atoms with E-state index >= 15 is 0 Å². The van der Waals surface area contributed by atoms with E-state index in [1.54, 1.807) is 13.8 Å². The Bertz CT molecular complexity index is 594. The highest BCUT2D eigenvalue weighted by Crippen LogP contribution is 2.22. The van der Waals surface area contributed by atoms with E-state index in [0.29, 0.717) is 5.56 Å². The van der Waals surface area contributed by atoms with Crippen molar-refractivity contribution in [3.05, 3.63) is 45.5 Å². The summed E-state index contributed by atoms with van der Waals surface area (Å²) in [6.45, 7) is 3.81. The summed E-state index contributed by atoms with van der Waals surface area (Å²) in [7, 11) is 0. The maximum atomic E-state index is 11.6. The molecule has 0 aliphatic carbocycles. The molecule has 0 aliphatic rings. The lowest BCUT2D eigenvalue weighted by Crippen LogP contribution is -2.05. The number of carbonyl (C=O) groups is 2. The number of benzene rings is 1. The van der Waals surface area contributed by atoms with Crippen LogP contribution in [-0.4, -0.2) is 30.1 Å². The normalized spacial score (nSPS) is 10.5. The van der Waals surface area contributed by atoms with Crippen molar-refractivity contribution in [2.24, 2.45) is 0 Å². The molecule has 1 aromatic rings. The summed E-state index contributed by atoms with van der Waals surface area (Å²) < 4.78 is 9.55. The van der Waals surface area contributed by atoms with Gasteiger partial charge in [-0.3, -0.25) is 14.9 Å². The first-order valence-electron chi connectivity index (χ1n) is 6.77. The summed E-state index contributed by atoms with van der Waals surface area (Å²) in [4.78, 5) is 33.3. The van der Waals surface area contributed by atoms with Gasteiger partial charge >= 0.3 is 11.9 Å². The maximum absolute atomic E-state index is 11.6. The van der Waals surface area contributed by atoms with E-state index in [0.717, 1.165) is 6.07 Å². The van der Waals surface area contributed by atoms with E-state index in [9.17, 15) is 19.7 Å². The van der Waals surface area contributed by atoms with Gasteiger partial charge in [0, 0.05) is 6.07 Å². The van der Waals surface area contributed by atoms with Crippen molar-refractivity contribution in [2.75, 3.05) is 13.2 Å². The Hall–Kier alpha value is -2.70. The summed E-state index contributed by atoms with van der Waals surface area (Å²) in [5.41, 5.74) is 0.170. The molecule has 0 N–H and O–H groups in total. The second kappa shape index (κ2) is 8.56. The molecule has 7 nitrogen and oxygen atoms in total. The molecule has 1 aromatic carbocycles. The van der Waals surface area contributed by atoms with Gasteiger partial charge in [-0.1, -0.05) is 12.2 Å². The number of hydrogen-bond acceptors (Lipinski definition) is 6. The minimum absolute atomic E-state index is 0.0185. The Morgan fingerprint density at radius 1 is 1.23 bits per heavy atom. The van der Waals surface area contributed by atoms with E-state index in [4.69, 9.17) is 9.47 Å². The highest BCUT2D eigenvalue weighted by Gasteiger charge is 2.16. The molecule has 7 heteroatoms. The molecule has 0 unspecified atom stereocenters. The third-order valence-electron chi connectivity index (χ3n) is 2.63. The van der Waals surface area contributed by atoms with E-state index in [1.807, 2.05) is 0 Å². The number of rotatable bonds is 7. The molecule has 118 valence electrons. The van der Waals surface area contributed by atoms with Gasteiger partial charge in [0.15, 0.2) is 0 Å². The molecule has 0 amide bonds. The summed E-state index contributed by atoms with van der Waals surface area (Å²) in [6.07, 6.45) is 2.94. The fraction of sp³-hybridized carbons (Fsp3) is 0.333. The van der Waals surface area contributed by atoms with Crippen LogP contribution in [0.2, 0.25) is 0 Å². The highest BCUT2D eigenvalue weighted by atomic mass is 16.6. The fourth-order valence-corrected chi connectivity index (χ4v) is 1.69. The lowest BCUT2D eigenvalue weighted by atomic mass is 10.1. The number of ether oxygens (including phenoxy) is 2. The Labute approximate surface area is 127 Å². The largest absolute Gasteiger partial charge is 0.466 e. The molecular formula is C15H17NO6. The number of esters is 2. The van der Waals surface area contributed by atoms with Gasteiger partial charge in [-0.05, 0) is 26.0 Å². The highest BCUT2D eigenvalue weighted by molar-refractivity contribution is 5.91. The zero-order chi connectivity index (χ0) is 16.5. The standard InChI is InChI=1S/C15H17NO6/c1-3-21-14(17)7-5-6-11-8-9-12(15(18)22-4-2)10-13(11)16(19)20/h5-6,8-10H,3-4,7H2,1-2H3. The van der Waals surface area contributed by atoms with Crippen molar-refractivity contribution in [1.29, 1.82) is 0 Å². The average Bonchev–Trinajstić information content (AvgIpc) is 2.47. The van der Waals surface area contributed by atoms with Crippen molar-refractivity contribution in [3.63, 3.8) is 0 Å². The third-order valence-corrected chi connectivity index (χ3v) is 2.63. The summed E-state index contributed by atoms with van der Waals surface area (Å²) in [6, 6.07) is 4.03. The number of hydrogen-bond donors (Lipinski definition) is 0. The van der Waals surface area contributed by atoms with Crippen LogP contribution in [-0.2, 0) is 14.3 Å². The van der Waals surface area contributed by atoms with E-state index in [2.05, 4.69) is 0 Å². The monoisotopic (exact) mass is 307 g/mol. The van der Waals surface area contributed by atoms with Crippen molar-refractivity contribution in [1.82, 2.24) is 0 Å². The van der Waals surface area contributed by atoms with Crippen LogP contribution in [0.4, 0.5) is 5.69 Å². The average molecular weight is 307 g/mol. The minimum atomic E-state index is -0.618. The first kappa shape index (κ1) is 17.4. The molecule has 0 radical (unpaired) electrons. The Morgan fingerprint density at radius 3 is 2.50 bits per heavy atom. The third kappa shape index (κ3) is 5.01. The van der Waals surface area contributed by atoms with Crippen LogP contribution in [0.25, 0.3) is 6.08 Å². The molecule has 0 saturated carbocycles. The Kier molecular flexibility index (Phi) is 6.75. The molecule has 0 aromatic heterocycles. The van der Waals surface area contributed by atoms with Crippen LogP contribution < -0.4 is 0 Å². The van der Waals surface area contributed by atoms with E-state index in [-0.39, 0.29) is 30.9 Å². The van der Waals surface area contributed by atoms with E-state index in [1.165, 1.54) is 24.3 Å². The van der Waals surface area contributed by atoms with Crippen molar-refractivity contribution >= 4 is 23.7 Å². The molecular weight excluding hydrogens is 290 g/mol. The van der Waals surface area contributed by atoms with Crippen LogP contribution in [0.3, 0.4) is 0 Å². The van der Waals surface area contributed by atoms with E-state index < -0.39 is 16.9 Å². The smallest absolute Gasteiger partial charge is 0.338 e. The molecule has 0 saturated heterocycles. The Morgan fingerprint density at radius 2 is 1.91 bits per heavy atom. The zero-order valence-corrected chi connectivity index (χ0v) is 12.4. The van der Waals surface area contributed by atoms with Gasteiger partial charge in [0.05, 0.1) is 35.7 Å². The summed E-state index contributed by atoms with van der Waals surface area (Å²) >= 11 is 0.